The molecule has 0 spiro atoms. The van der Waals surface area contributed by atoms with Crippen LogP contribution in [0.3, 0.4) is 0 Å². The Hall–Kier alpha value is -1.26. The summed E-state index contributed by atoms with van der Waals surface area (Å²) >= 11 is 12.0. The highest BCUT2D eigenvalue weighted by molar-refractivity contribution is 6.35. The molecule has 0 saturated heterocycles. The molecular weight excluding hydrogens is 371 g/mol. The lowest BCUT2D eigenvalue weighted by Gasteiger charge is -2.27. The Bertz CT molecular complexity index is 614. The fourth-order valence-electron chi connectivity index (χ4n) is 3.34. The molecule has 0 heterocycles. The van der Waals surface area contributed by atoms with Gasteiger partial charge in [-0.15, -0.1) is 0 Å². The number of halogens is 2. The molecule has 0 bridgehead atoms. The highest BCUT2D eigenvalue weighted by Gasteiger charge is 2.29. The van der Waals surface area contributed by atoms with Crippen LogP contribution in [-0.4, -0.2) is 24.9 Å². The van der Waals surface area contributed by atoms with Crippen molar-refractivity contribution in [1.29, 1.82) is 0 Å². The van der Waals surface area contributed by atoms with E-state index in [0.717, 1.165) is 50.6 Å². The SMILES string of the molecule is CCCCNC(=O)C1CCC(C(=O)NCCc2ccc(Cl)cc2Cl)CC1. The first kappa shape index (κ1) is 21.0. The van der Waals surface area contributed by atoms with Crippen molar-refractivity contribution in [2.75, 3.05) is 13.1 Å². The zero-order chi connectivity index (χ0) is 18.9. The van der Waals surface area contributed by atoms with Crippen molar-refractivity contribution in [1.82, 2.24) is 10.6 Å². The predicted molar refractivity (Wildman–Crippen MR) is 107 cm³/mol. The zero-order valence-electron chi connectivity index (χ0n) is 15.3. The van der Waals surface area contributed by atoms with Gasteiger partial charge in [-0.25, -0.2) is 0 Å². The molecule has 4 nitrogen and oxygen atoms in total. The molecule has 1 aliphatic carbocycles. The highest BCUT2D eigenvalue weighted by atomic mass is 35.5. The lowest BCUT2D eigenvalue weighted by Crippen LogP contribution is -2.38. The third kappa shape index (κ3) is 6.48. The number of carbonyl (C=O) groups is 2. The minimum atomic E-state index is 0.00961. The van der Waals surface area contributed by atoms with Crippen molar-refractivity contribution >= 4 is 35.0 Å². The summed E-state index contributed by atoms with van der Waals surface area (Å²) in [6, 6.07) is 5.41. The van der Waals surface area contributed by atoms with E-state index >= 15 is 0 Å². The van der Waals surface area contributed by atoms with Crippen LogP contribution in [0.1, 0.15) is 51.0 Å². The Labute approximate surface area is 166 Å². The van der Waals surface area contributed by atoms with Gasteiger partial charge in [0.2, 0.25) is 11.8 Å². The Morgan fingerprint density at radius 1 is 1.00 bits per heavy atom. The van der Waals surface area contributed by atoms with Crippen LogP contribution in [0.2, 0.25) is 10.0 Å². The predicted octanol–water partition coefficient (Wildman–Crippen LogP) is 4.37. The van der Waals surface area contributed by atoms with Gasteiger partial charge in [-0.05, 0) is 56.2 Å². The summed E-state index contributed by atoms with van der Waals surface area (Å²) < 4.78 is 0. The van der Waals surface area contributed by atoms with Gasteiger partial charge in [0, 0.05) is 35.0 Å². The average Bonchev–Trinajstić information content (AvgIpc) is 2.63. The Balaban J connectivity index is 1.68. The van der Waals surface area contributed by atoms with Crippen molar-refractivity contribution in [3.8, 4) is 0 Å². The number of nitrogens with one attached hydrogen (secondary N) is 2. The molecular formula is C20H28Cl2N2O2. The summed E-state index contributed by atoms with van der Waals surface area (Å²) in [6.07, 6.45) is 5.91. The van der Waals surface area contributed by atoms with Crippen molar-refractivity contribution < 1.29 is 9.59 Å². The van der Waals surface area contributed by atoms with Gasteiger partial charge >= 0.3 is 0 Å². The van der Waals surface area contributed by atoms with Crippen LogP contribution in [0.4, 0.5) is 0 Å². The maximum absolute atomic E-state index is 12.3. The molecule has 0 atom stereocenters. The summed E-state index contributed by atoms with van der Waals surface area (Å²) in [6.45, 7) is 3.41. The van der Waals surface area contributed by atoms with Crippen LogP contribution < -0.4 is 10.6 Å². The standard InChI is InChI=1S/C20H28Cl2N2O2/c1-2-3-11-23-19(25)15-4-6-16(7-5-15)20(26)24-12-10-14-8-9-17(21)13-18(14)22/h8-9,13,15-16H,2-7,10-12H2,1H3,(H,23,25)(H,24,26). The van der Waals surface area contributed by atoms with E-state index in [2.05, 4.69) is 17.6 Å². The van der Waals surface area contributed by atoms with Gasteiger partial charge in [0.1, 0.15) is 0 Å². The molecule has 144 valence electrons. The average molecular weight is 399 g/mol. The minimum absolute atomic E-state index is 0.00961. The largest absolute Gasteiger partial charge is 0.356 e. The fourth-order valence-corrected chi connectivity index (χ4v) is 3.84. The van der Waals surface area contributed by atoms with E-state index in [-0.39, 0.29) is 23.7 Å². The topological polar surface area (TPSA) is 58.2 Å². The second kappa shape index (κ2) is 10.8. The maximum Gasteiger partial charge on any atom is 0.223 e. The van der Waals surface area contributed by atoms with Gasteiger partial charge in [0.05, 0.1) is 0 Å². The van der Waals surface area contributed by atoms with Crippen LogP contribution in [-0.2, 0) is 16.0 Å². The van der Waals surface area contributed by atoms with E-state index in [1.165, 1.54) is 0 Å². The van der Waals surface area contributed by atoms with Gasteiger partial charge in [-0.3, -0.25) is 9.59 Å². The van der Waals surface area contributed by atoms with Crippen molar-refractivity contribution in [2.24, 2.45) is 11.8 Å². The maximum atomic E-state index is 12.3. The van der Waals surface area contributed by atoms with Crippen molar-refractivity contribution in [3.63, 3.8) is 0 Å². The first-order chi connectivity index (χ1) is 12.5. The van der Waals surface area contributed by atoms with E-state index in [1.807, 2.05) is 6.07 Å². The molecule has 0 unspecified atom stereocenters. The quantitative estimate of drug-likeness (QED) is 0.638. The second-order valence-electron chi connectivity index (χ2n) is 6.97. The summed E-state index contributed by atoms with van der Waals surface area (Å²) in [5, 5.41) is 7.23. The van der Waals surface area contributed by atoms with Crippen LogP contribution in [0.5, 0.6) is 0 Å². The molecule has 2 N–H and O–H groups in total. The van der Waals surface area contributed by atoms with Crippen LogP contribution in [0.25, 0.3) is 0 Å². The zero-order valence-corrected chi connectivity index (χ0v) is 16.8. The Kier molecular flexibility index (Phi) is 8.73. The lowest BCUT2D eigenvalue weighted by atomic mass is 9.81. The van der Waals surface area contributed by atoms with Gasteiger partial charge < -0.3 is 10.6 Å². The first-order valence-corrected chi connectivity index (χ1v) is 10.3. The third-order valence-corrected chi connectivity index (χ3v) is 5.59. The monoisotopic (exact) mass is 398 g/mol. The molecule has 0 radical (unpaired) electrons. The van der Waals surface area contributed by atoms with E-state index in [9.17, 15) is 9.59 Å². The van der Waals surface area contributed by atoms with E-state index < -0.39 is 0 Å². The molecule has 2 amide bonds. The lowest BCUT2D eigenvalue weighted by molar-refractivity contribution is -0.130. The van der Waals surface area contributed by atoms with E-state index in [0.29, 0.717) is 23.0 Å². The molecule has 1 aliphatic rings. The number of benzene rings is 1. The van der Waals surface area contributed by atoms with Crippen LogP contribution in [0.15, 0.2) is 18.2 Å². The molecule has 1 fully saturated rings. The summed E-state index contributed by atoms with van der Waals surface area (Å²) in [4.78, 5) is 24.4. The summed E-state index contributed by atoms with van der Waals surface area (Å²) in [5.41, 5.74) is 0.976. The smallest absolute Gasteiger partial charge is 0.223 e. The van der Waals surface area contributed by atoms with Crippen LogP contribution in [0, 0.1) is 11.8 Å². The molecule has 0 aliphatic heterocycles. The summed E-state index contributed by atoms with van der Waals surface area (Å²) in [7, 11) is 0. The van der Waals surface area contributed by atoms with Gasteiger partial charge in [-0.2, -0.15) is 0 Å². The fraction of sp³-hybridized carbons (Fsp3) is 0.600. The normalized spacial score (nSPS) is 19.8. The number of hydrogen-bond acceptors (Lipinski definition) is 2. The van der Waals surface area contributed by atoms with Crippen LogP contribution >= 0.6 is 23.2 Å². The number of hydrogen-bond donors (Lipinski definition) is 2. The molecule has 0 aromatic heterocycles. The molecule has 1 aromatic carbocycles. The number of carbonyl (C=O) groups excluding carboxylic acids is 2. The first-order valence-electron chi connectivity index (χ1n) is 9.50. The minimum Gasteiger partial charge on any atom is -0.356 e. The number of rotatable bonds is 8. The number of amides is 2. The Morgan fingerprint density at radius 2 is 1.58 bits per heavy atom. The van der Waals surface area contributed by atoms with Crippen molar-refractivity contribution in [2.45, 2.75) is 51.9 Å². The molecule has 2 rings (SSSR count). The van der Waals surface area contributed by atoms with E-state index in [1.54, 1.807) is 12.1 Å². The van der Waals surface area contributed by atoms with Gasteiger partial charge in [0.15, 0.2) is 0 Å². The highest BCUT2D eigenvalue weighted by Crippen LogP contribution is 2.29. The number of unbranched alkanes of at least 4 members (excludes halogenated alkanes) is 1. The van der Waals surface area contributed by atoms with Gasteiger partial charge in [-0.1, -0.05) is 42.6 Å². The second-order valence-corrected chi connectivity index (χ2v) is 7.81. The van der Waals surface area contributed by atoms with Crippen molar-refractivity contribution in [3.05, 3.63) is 33.8 Å². The molecule has 6 heteroatoms. The van der Waals surface area contributed by atoms with Gasteiger partial charge in [0.25, 0.3) is 0 Å². The Morgan fingerprint density at radius 3 is 2.12 bits per heavy atom. The molecule has 1 saturated carbocycles. The summed E-state index contributed by atoms with van der Waals surface area (Å²) in [5.74, 6) is 0.300. The molecule has 1 aromatic rings. The molecule has 26 heavy (non-hydrogen) atoms. The van der Waals surface area contributed by atoms with E-state index in [4.69, 9.17) is 23.2 Å². The third-order valence-electron chi connectivity index (χ3n) is 5.01.